The van der Waals surface area contributed by atoms with Crippen LogP contribution in [-0.2, 0) is 75.8 Å². The standard InChI is InChI=1S/C42H78O16S/c1-13-34(55-39(17-5)45-24-29(9)51-39)43-21-22-59-33(28-44-35(14-2)56-40(18-6)46-25-30(10)52-40)23-38(49-36(15-3)57-41(19-7)47-26-31(11)53-41)50-37(16-4)58-42(20-8)48-27-32(12)54-42/h29-38H,13-28H2,1-12H3. The van der Waals surface area contributed by atoms with Gasteiger partial charge in [-0.2, -0.15) is 11.8 Å². The molecular weight excluding hydrogens is 793 g/mol. The van der Waals surface area contributed by atoms with Crippen LogP contribution in [0.5, 0.6) is 0 Å². The number of ether oxygens (including phenoxy) is 16. The fraction of sp³-hybridized carbons (Fsp3) is 1.00. The summed E-state index contributed by atoms with van der Waals surface area (Å²) in [5, 5.41) is -0.179. The maximum absolute atomic E-state index is 6.71. The zero-order valence-electron chi connectivity index (χ0n) is 38.0. The summed E-state index contributed by atoms with van der Waals surface area (Å²) in [6, 6.07) is 0. The van der Waals surface area contributed by atoms with Gasteiger partial charge in [0.2, 0.25) is 0 Å². The predicted molar refractivity (Wildman–Crippen MR) is 217 cm³/mol. The van der Waals surface area contributed by atoms with E-state index in [4.69, 9.17) is 75.8 Å². The molecule has 0 bridgehead atoms. The van der Waals surface area contributed by atoms with Gasteiger partial charge in [0, 0.05) is 43.1 Å². The van der Waals surface area contributed by atoms with E-state index in [2.05, 4.69) is 0 Å². The van der Waals surface area contributed by atoms with E-state index in [1.165, 1.54) is 0 Å². The highest BCUT2D eigenvalue weighted by atomic mass is 32.2. The molecule has 348 valence electrons. The van der Waals surface area contributed by atoms with Crippen LogP contribution >= 0.6 is 11.8 Å². The van der Waals surface area contributed by atoms with Crippen LogP contribution in [0.25, 0.3) is 0 Å². The molecule has 4 heterocycles. The van der Waals surface area contributed by atoms with Gasteiger partial charge in [0.1, 0.15) is 0 Å². The molecule has 17 heteroatoms. The smallest absolute Gasteiger partial charge is 0.285 e. The Morgan fingerprint density at radius 2 is 0.814 bits per heavy atom. The van der Waals surface area contributed by atoms with Crippen molar-refractivity contribution in [2.75, 3.05) is 45.4 Å². The van der Waals surface area contributed by atoms with Crippen molar-refractivity contribution in [3.8, 4) is 0 Å². The molecular formula is C42H78O16S. The minimum Gasteiger partial charge on any atom is -0.352 e. The number of thioether (sulfide) groups is 1. The summed E-state index contributed by atoms with van der Waals surface area (Å²) < 4.78 is 99.9. The van der Waals surface area contributed by atoms with Crippen LogP contribution in [0.2, 0.25) is 0 Å². The molecule has 0 N–H and O–H groups in total. The second kappa shape index (κ2) is 24.7. The van der Waals surface area contributed by atoms with Crippen LogP contribution < -0.4 is 0 Å². The van der Waals surface area contributed by atoms with E-state index < -0.39 is 55.3 Å². The lowest BCUT2D eigenvalue weighted by Crippen LogP contribution is -2.44. The molecule has 59 heavy (non-hydrogen) atoms. The van der Waals surface area contributed by atoms with Crippen molar-refractivity contribution in [2.24, 2.45) is 0 Å². The van der Waals surface area contributed by atoms with Crippen molar-refractivity contribution in [3.63, 3.8) is 0 Å². The highest BCUT2D eigenvalue weighted by molar-refractivity contribution is 7.99. The SMILES string of the molecule is CCC(OCCSC(COC(CC)OC1(CC)OCC(C)O1)CC(OC(CC)OC1(CC)OCC(C)O1)OC(CC)OC1(CC)OCC(C)O1)OC1(CC)OCC(C)O1. The Kier molecular flexibility index (Phi) is 21.5. The Labute approximate surface area is 358 Å². The van der Waals surface area contributed by atoms with Gasteiger partial charge in [0.05, 0.1) is 64.1 Å². The zero-order chi connectivity index (χ0) is 43.1. The predicted octanol–water partition coefficient (Wildman–Crippen LogP) is 7.88. The third-order valence-corrected chi connectivity index (χ3v) is 11.5. The highest BCUT2D eigenvalue weighted by Crippen LogP contribution is 2.36. The lowest BCUT2D eigenvalue weighted by molar-refractivity contribution is -0.424. The monoisotopic (exact) mass is 871 g/mol. The van der Waals surface area contributed by atoms with Gasteiger partial charge in [-0.05, 0) is 53.4 Å². The maximum Gasteiger partial charge on any atom is 0.285 e. The van der Waals surface area contributed by atoms with E-state index in [0.29, 0.717) is 96.6 Å². The summed E-state index contributed by atoms with van der Waals surface area (Å²) in [5.41, 5.74) is 0. The molecule has 16 nitrogen and oxygen atoms in total. The molecule has 4 aliphatic heterocycles. The highest BCUT2D eigenvalue weighted by Gasteiger charge is 2.46. The topological polar surface area (TPSA) is 148 Å². The Morgan fingerprint density at radius 3 is 1.12 bits per heavy atom. The first-order valence-electron chi connectivity index (χ1n) is 22.4. The van der Waals surface area contributed by atoms with Gasteiger partial charge in [-0.3, -0.25) is 18.9 Å². The summed E-state index contributed by atoms with van der Waals surface area (Å²) in [5.74, 6) is -4.11. The largest absolute Gasteiger partial charge is 0.352 e. The Hall–Kier alpha value is -0.290. The summed E-state index contributed by atoms with van der Waals surface area (Å²) in [6.45, 7) is 26.1. The van der Waals surface area contributed by atoms with Crippen LogP contribution in [0, 0.1) is 0 Å². The fourth-order valence-corrected chi connectivity index (χ4v) is 7.97. The molecule has 4 saturated heterocycles. The summed E-state index contributed by atoms with van der Waals surface area (Å²) >= 11 is 1.67. The van der Waals surface area contributed by atoms with Crippen molar-refractivity contribution in [3.05, 3.63) is 0 Å². The molecule has 13 atom stereocenters. The molecule has 0 aliphatic carbocycles. The molecule has 4 aliphatic rings. The quantitative estimate of drug-likeness (QED) is 0.0509. The van der Waals surface area contributed by atoms with Gasteiger partial charge < -0.3 is 56.8 Å². The van der Waals surface area contributed by atoms with Crippen LogP contribution in [0.3, 0.4) is 0 Å². The van der Waals surface area contributed by atoms with Crippen molar-refractivity contribution in [1.82, 2.24) is 0 Å². The molecule has 0 aromatic heterocycles. The minimum absolute atomic E-state index is 0.0570. The van der Waals surface area contributed by atoms with Crippen molar-refractivity contribution in [1.29, 1.82) is 0 Å². The van der Waals surface area contributed by atoms with Gasteiger partial charge in [0.25, 0.3) is 23.9 Å². The first kappa shape index (κ1) is 51.3. The molecule has 0 aromatic carbocycles. The Balaban J connectivity index is 1.52. The van der Waals surface area contributed by atoms with Gasteiger partial charge in [-0.25, -0.2) is 0 Å². The lowest BCUT2D eigenvalue weighted by atomic mass is 10.3. The van der Waals surface area contributed by atoms with Crippen molar-refractivity contribution >= 4 is 11.8 Å². The molecule has 13 unspecified atom stereocenters. The van der Waals surface area contributed by atoms with Gasteiger partial charge >= 0.3 is 0 Å². The zero-order valence-corrected chi connectivity index (χ0v) is 38.8. The summed E-state index contributed by atoms with van der Waals surface area (Å²) in [4.78, 5) is 0. The number of hydrogen-bond acceptors (Lipinski definition) is 17. The average molecular weight is 871 g/mol. The molecule has 0 aromatic rings. The lowest BCUT2D eigenvalue weighted by Gasteiger charge is -2.36. The van der Waals surface area contributed by atoms with Crippen molar-refractivity contribution < 1.29 is 75.8 Å². The normalized spacial score (nSPS) is 35.6. The van der Waals surface area contributed by atoms with E-state index >= 15 is 0 Å². The van der Waals surface area contributed by atoms with Gasteiger partial charge in [-0.15, -0.1) is 0 Å². The molecule has 4 fully saturated rings. The van der Waals surface area contributed by atoms with Crippen LogP contribution in [0.1, 0.15) is 141 Å². The second-order valence-corrected chi connectivity index (χ2v) is 17.0. The van der Waals surface area contributed by atoms with E-state index in [1.54, 1.807) is 11.8 Å². The minimum atomic E-state index is -1.22. The fourth-order valence-electron chi connectivity index (χ4n) is 6.97. The van der Waals surface area contributed by atoms with Crippen LogP contribution in [0.4, 0.5) is 0 Å². The number of rotatable bonds is 30. The summed E-state index contributed by atoms with van der Waals surface area (Å²) in [6.07, 6.45) is 0.794. The average Bonchev–Trinajstić information content (AvgIpc) is 4.02. The maximum atomic E-state index is 6.71. The van der Waals surface area contributed by atoms with E-state index in [0.717, 1.165) is 0 Å². The number of hydrogen-bond donors (Lipinski definition) is 0. The van der Waals surface area contributed by atoms with Crippen LogP contribution in [-0.4, -0.2) is 130 Å². The van der Waals surface area contributed by atoms with E-state index in [9.17, 15) is 0 Å². The van der Waals surface area contributed by atoms with E-state index in [1.807, 2.05) is 83.1 Å². The third-order valence-electron chi connectivity index (χ3n) is 10.3. The Bertz CT molecular complexity index is 1140. The Morgan fingerprint density at radius 1 is 0.475 bits per heavy atom. The molecule has 0 saturated carbocycles. The van der Waals surface area contributed by atoms with Gasteiger partial charge in [0.15, 0.2) is 31.5 Å². The summed E-state index contributed by atoms with van der Waals surface area (Å²) in [7, 11) is 0. The first-order chi connectivity index (χ1) is 28.2. The first-order valence-corrected chi connectivity index (χ1v) is 23.4. The molecule has 4 rings (SSSR count). The second-order valence-electron chi connectivity index (χ2n) is 15.6. The third kappa shape index (κ3) is 15.4. The van der Waals surface area contributed by atoms with E-state index in [-0.39, 0.29) is 36.3 Å². The molecule has 0 radical (unpaired) electrons. The molecule has 0 spiro atoms. The molecule has 0 amide bonds. The van der Waals surface area contributed by atoms with Crippen molar-refractivity contribution in [2.45, 2.75) is 226 Å². The van der Waals surface area contributed by atoms with Gasteiger partial charge in [-0.1, -0.05) is 55.4 Å². The van der Waals surface area contributed by atoms with Crippen LogP contribution in [0.15, 0.2) is 0 Å².